The molecule has 2 aromatic carbocycles. The van der Waals surface area contributed by atoms with Crippen LogP contribution in [0.25, 0.3) is 16.7 Å². The molecule has 4 nitrogen and oxygen atoms in total. The summed E-state index contributed by atoms with van der Waals surface area (Å²) in [6.07, 6.45) is 1.74. The topological polar surface area (TPSA) is 55.1 Å². The number of aromatic nitrogens is 2. The second-order valence-corrected chi connectivity index (χ2v) is 3.96. The fourth-order valence-electron chi connectivity index (χ4n) is 1.93. The summed E-state index contributed by atoms with van der Waals surface area (Å²) in [6, 6.07) is 14.5. The summed E-state index contributed by atoms with van der Waals surface area (Å²) in [5, 5.41) is 8.86. The number of hydrogen-bond donors (Lipinski definition) is 1. The average molecular weight is 275 g/mol. The van der Waals surface area contributed by atoms with Crippen LogP contribution >= 0.6 is 12.4 Å². The summed E-state index contributed by atoms with van der Waals surface area (Å²) < 4.78 is 1.93. The largest absolute Gasteiger partial charge is 0.478 e. The summed E-state index contributed by atoms with van der Waals surface area (Å²) in [7, 11) is 0. The van der Waals surface area contributed by atoms with Crippen molar-refractivity contribution in [2.24, 2.45) is 0 Å². The molecule has 0 atom stereocenters. The van der Waals surface area contributed by atoms with Crippen molar-refractivity contribution >= 4 is 29.4 Å². The molecular formula is C14H11ClN2O2. The van der Waals surface area contributed by atoms with E-state index < -0.39 is 5.97 Å². The summed E-state index contributed by atoms with van der Waals surface area (Å²) in [5.74, 6) is -0.919. The third-order valence-electron chi connectivity index (χ3n) is 2.85. The summed E-state index contributed by atoms with van der Waals surface area (Å²) >= 11 is 0. The Balaban J connectivity index is 0.00000133. The van der Waals surface area contributed by atoms with Gasteiger partial charge in [0, 0.05) is 5.69 Å². The first kappa shape index (κ1) is 13.1. The molecule has 0 spiro atoms. The molecule has 0 radical (unpaired) electrons. The monoisotopic (exact) mass is 274 g/mol. The van der Waals surface area contributed by atoms with Gasteiger partial charge in [-0.2, -0.15) is 0 Å². The number of aromatic carboxylic acids is 1. The van der Waals surface area contributed by atoms with E-state index in [0.29, 0.717) is 0 Å². The number of fused-ring (bicyclic) bond motifs is 1. The Bertz CT molecular complexity index is 720. The highest BCUT2D eigenvalue weighted by molar-refractivity contribution is 5.88. The molecule has 0 aliphatic carbocycles. The number of carboxylic acid groups (broad SMARTS) is 1. The number of hydrogen-bond acceptors (Lipinski definition) is 2. The van der Waals surface area contributed by atoms with E-state index >= 15 is 0 Å². The van der Waals surface area contributed by atoms with Crippen LogP contribution in [0.15, 0.2) is 54.9 Å². The first-order valence-corrected chi connectivity index (χ1v) is 5.51. The number of halogens is 1. The van der Waals surface area contributed by atoms with Gasteiger partial charge in [0.25, 0.3) is 0 Å². The van der Waals surface area contributed by atoms with Gasteiger partial charge in [0.2, 0.25) is 0 Å². The predicted octanol–water partition coefficient (Wildman–Crippen LogP) is 3.15. The van der Waals surface area contributed by atoms with Crippen LogP contribution in [0.3, 0.4) is 0 Å². The van der Waals surface area contributed by atoms with Crippen molar-refractivity contribution in [3.05, 3.63) is 60.4 Å². The average Bonchev–Trinajstić information content (AvgIpc) is 2.82. The van der Waals surface area contributed by atoms with E-state index in [9.17, 15) is 4.79 Å². The molecule has 3 aromatic rings. The van der Waals surface area contributed by atoms with Gasteiger partial charge in [-0.3, -0.25) is 4.57 Å². The van der Waals surface area contributed by atoms with Crippen molar-refractivity contribution in [2.75, 3.05) is 0 Å². The molecule has 0 unspecified atom stereocenters. The molecule has 0 saturated heterocycles. The minimum Gasteiger partial charge on any atom is -0.478 e. The third kappa shape index (κ3) is 2.30. The molecule has 1 aromatic heterocycles. The first-order chi connectivity index (χ1) is 8.75. The van der Waals surface area contributed by atoms with Gasteiger partial charge in [-0.15, -0.1) is 12.4 Å². The molecule has 96 valence electrons. The molecule has 0 amide bonds. The lowest BCUT2D eigenvalue weighted by Crippen LogP contribution is -1.97. The summed E-state index contributed by atoms with van der Waals surface area (Å²) in [5.41, 5.74) is 3.09. The van der Waals surface area contributed by atoms with Crippen molar-refractivity contribution < 1.29 is 9.90 Å². The lowest BCUT2D eigenvalue weighted by molar-refractivity contribution is 0.0697. The number of rotatable bonds is 2. The van der Waals surface area contributed by atoms with E-state index in [-0.39, 0.29) is 18.0 Å². The maximum absolute atomic E-state index is 10.8. The highest BCUT2D eigenvalue weighted by atomic mass is 35.5. The van der Waals surface area contributed by atoms with E-state index in [2.05, 4.69) is 4.98 Å². The lowest BCUT2D eigenvalue weighted by atomic mass is 10.2. The zero-order valence-electron chi connectivity index (χ0n) is 9.85. The Kier molecular flexibility index (Phi) is 3.53. The maximum Gasteiger partial charge on any atom is 0.335 e. The van der Waals surface area contributed by atoms with Gasteiger partial charge >= 0.3 is 5.97 Å². The first-order valence-electron chi connectivity index (χ1n) is 5.51. The van der Waals surface area contributed by atoms with Gasteiger partial charge < -0.3 is 5.11 Å². The van der Waals surface area contributed by atoms with Gasteiger partial charge in [0.1, 0.15) is 6.33 Å². The SMILES string of the molecule is Cl.O=C(O)c1ccc(-n2cnc3ccccc32)cc1. The Labute approximate surface area is 115 Å². The lowest BCUT2D eigenvalue weighted by Gasteiger charge is -2.04. The zero-order valence-corrected chi connectivity index (χ0v) is 10.7. The molecule has 19 heavy (non-hydrogen) atoms. The molecular weight excluding hydrogens is 264 g/mol. The van der Waals surface area contributed by atoms with Crippen LogP contribution in [-0.4, -0.2) is 20.6 Å². The number of imidazole rings is 1. The molecule has 0 aliphatic heterocycles. The van der Waals surface area contributed by atoms with Gasteiger partial charge in [-0.25, -0.2) is 9.78 Å². The van der Waals surface area contributed by atoms with Crippen molar-refractivity contribution in [1.82, 2.24) is 9.55 Å². The van der Waals surface area contributed by atoms with Gasteiger partial charge in [-0.05, 0) is 36.4 Å². The quantitative estimate of drug-likeness (QED) is 0.781. The van der Waals surface area contributed by atoms with E-state index in [4.69, 9.17) is 5.11 Å². The van der Waals surface area contributed by atoms with E-state index in [1.807, 2.05) is 28.8 Å². The van der Waals surface area contributed by atoms with Crippen LogP contribution in [0.1, 0.15) is 10.4 Å². The third-order valence-corrected chi connectivity index (χ3v) is 2.85. The van der Waals surface area contributed by atoms with Gasteiger partial charge in [-0.1, -0.05) is 12.1 Å². The number of nitrogens with zero attached hydrogens (tertiary/aromatic N) is 2. The number of para-hydroxylation sites is 2. The highest BCUT2D eigenvalue weighted by Crippen LogP contribution is 2.18. The van der Waals surface area contributed by atoms with Crippen LogP contribution < -0.4 is 0 Å². The Morgan fingerprint density at radius 1 is 1.05 bits per heavy atom. The van der Waals surface area contributed by atoms with Crippen molar-refractivity contribution in [3.8, 4) is 5.69 Å². The van der Waals surface area contributed by atoms with E-state index in [1.165, 1.54) is 0 Å². The van der Waals surface area contributed by atoms with Crippen LogP contribution in [-0.2, 0) is 0 Å². The summed E-state index contributed by atoms with van der Waals surface area (Å²) in [4.78, 5) is 15.1. The van der Waals surface area contributed by atoms with Crippen molar-refractivity contribution in [2.45, 2.75) is 0 Å². The van der Waals surface area contributed by atoms with E-state index in [1.54, 1.807) is 30.6 Å². The Morgan fingerprint density at radius 2 is 1.74 bits per heavy atom. The maximum atomic E-state index is 10.8. The second kappa shape index (κ2) is 5.12. The standard InChI is InChI=1S/C14H10N2O2.ClH/c17-14(18)10-5-7-11(8-6-10)16-9-15-12-3-1-2-4-13(12)16;/h1-9H,(H,17,18);1H. The molecule has 0 saturated carbocycles. The van der Waals surface area contributed by atoms with Crippen molar-refractivity contribution in [1.29, 1.82) is 0 Å². The normalized spacial score (nSPS) is 10.1. The Hall–Kier alpha value is -2.33. The number of benzene rings is 2. The molecule has 5 heteroatoms. The van der Waals surface area contributed by atoms with E-state index in [0.717, 1.165) is 16.7 Å². The molecule has 0 aliphatic rings. The number of carbonyl (C=O) groups is 1. The fourth-order valence-corrected chi connectivity index (χ4v) is 1.93. The smallest absolute Gasteiger partial charge is 0.335 e. The van der Waals surface area contributed by atoms with Gasteiger partial charge in [0.05, 0.1) is 16.6 Å². The van der Waals surface area contributed by atoms with Gasteiger partial charge in [0.15, 0.2) is 0 Å². The highest BCUT2D eigenvalue weighted by Gasteiger charge is 2.05. The van der Waals surface area contributed by atoms with Crippen LogP contribution in [0.2, 0.25) is 0 Å². The fraction of sp³-hybridized carbons (Fsp3) is 0. The second-order valence-electron chi connectivity index (χ2n) is 3.96. The molecule has 3 rings (SSSR count). The van der Waals surface area contributed by atoms with Crippen LogP contribution in [0, 0.1) is 0 Å². The molecule has 0 bridgehead atoms. The van der Waals surface area contributed by atoms with Crippen LogP contribution in [0.4, 0.5) is 0 Å². The van der Waals surface area contributed by atoms with Crippen LogP contribution in [0.5, 0.6) is 0 Å². The Morgan fingerprint density at radius 3 is 2.42 bits per heavy atom. The zero-order chi connectivity index (χ0) is 12.5. The van der Waals surface area contributed by atoms with Crippen molar-refractivity contribution in [3.63, 3.8) is 0 Å². The predicted molar refractivity (Wildman–Crippen MR) is 75.3 cm³/mol. The number of carboxylic acids is 1. The minimum atomic E-state index is -0.919. The molecule has 1 N–H and O–H groups in total. The minimum absolute atomic E-state index is 0. The molecule has 0 fully saturated rings. The molecule has 1 heterocycles. The summed E-state index contributed by atoms with van der Waals surface area (Å²) in [6.45, 7) is 0.